The zero-order chi connectivity index (χ0) is 19.0. The van der Waals surface area contributed by atoms with E-state index >= 15 is 0 Å². The molecular formula is C20H31N3O3S. The van der Waals surface area contributed by atoms with Gasteiger partial charge in [-0.1, -0.05) is 25.3 Å². The Morgan fingerprint density at radius 1 is 1.15 bits per heavy atom. The highest BCUT2D eigenvalue weighted by molar-refractivity contribution is 7.12. The molecule has 2 heterocycles. The molecule has 1 saturated heterocycles. The van der Waals surface area contributed by atoms with Gasteiger partial charge < -0.3 is 15.4 Å². The average Bonchev–Trinajstić information content (AvgIpc) is 3.26. The molecule has 1 aromatic rings. The lowest BCUT2D eigenvalue weighted by atomic mass is 9.79. The van der Waals surface area contributed by atoms with Crippen LogP contribution in [0, 0.1) is 0 Å². The molecular weight excluding hydrogens is 362 g/mol. The van der Waals surface area contributed by atoms with Crippen LogP contribution in [0.25, 0.3) is 0 Å². The Hall–Kier alpha value is -1.44. The van der Waals surface area contributed by atoms with Gasteiger partial charge in [-0.05, 0) is 30.7 Å². The summed E-state index contributed by atoms with van der Waals surface area (Å²) in [5, 5.41) is 7.94. The molecule has 0 aromatic carbocycles. The molecule has 2 amide bonds. The minimum absolute atomic E-state index is 0.0566. The van der Waals surface area contributed by atoms with E-state index in [4.69, 9.17) is 4.74 Å². The van der Waals surface area contributed by atoms with Gasteiger partial charge in [0.15, 0.2) is 0 Å². The van der Waals surface area contributed by atoms with Gasteiger partial charge in [-0.3, -0.25) is 14.5 Å². The van der Waals surface area contributed by atoms with Crippen LogP contribution in [0.2, 0.25) is 0 Å². The fourth-order valence-corrected chi connectivity index (χ4v) is 4.79. The van der Waals surface area contributed by atoms with Crippen molar-refractivity contribution in [2.24, 2.45) is 0 Å². The van der Waals surface area contributed by atoms with Crippen LogP contribution in [-0.4, -0.2) is 61.6 Å². The maximum absolute atomic E-state index is 12.3. The third-order valence-electron chi connectivity index (χ3n) is 5.69. The van der Waals surface area contributed by atoms with Crippen LogP contribution in [0.5, 0.6) is 0 Å². The number of hydrogen-bond donors (Lipinski definition) is 2. The highest BCUT2D eigenvalue weighted by Crippen LogP contribution is 2.33. The monoisotopic (exact) mass is 393 g/mol. The van der Waals surface area contributed by atoms with Crippen LogP contribution in [0.4, 0.5) is 0 Å². The highest BCUT2D eigenvalue weighted by atomic mass is 32.1. The van der Waals surface area contributed by atoms with Gasteiger partial charge in [0, 0.05) is 38.1 Å². The number of carbonyl (C=O) groups excluding carboxylic acids is 2. The number of rotatable bonds is 8. The molecule has 1 saturated carbocycles. The molecule has 0 unspecified atom stereocenters. The summed E-state index contributed by atoms with van der Waals surface area (Å²) in [6.07, 6.45) is 7.19. The first-order chi connectivity index (χ1) is 13.2. The number of hydrogen-bond acceptors (Lipinski definition) is 5. The zero-order valence-electron chi connectivity index (χ0n) is 16.0. The fourth-order valence-electron chi connectivity index (χ4n) is 4.15. The van der Waals surface area contributed by atoms with Crippen LogP contribution >= 0.6 is 11.3 Å². The van der Waals surface area contributed by atoms with E-state index in [9.17, 15) is 9.59 Å². The molecule has 0 radical (unpaired) electrons. The zero-order valence-corrected chi connectivity index (χ0v) is 16.8. The number of amides is 2. The lowest BCUT2D eigenvalue weighted by molar-refractivity contribution is -0.122. The normalized spacial score (nSPS) is 20.1. The second kappa shape index (κ2) is 10.2. The van der Waals surface area contributed by atoms with Crippen molar-refractivity contribution >= 4 is 23.2 Å². The summed E-state index contributed by atoms with van der Waals surface area (Å²) in [4.78, 5) is 27.5. The van der Waals surface area contributed by atoms with E-state index in [1.54, 1.807) is 0 Å². The van der Waals surface area contributed by atoms with E-state index in [-0.39, 0.29) is 17.4 Å². The Balaban J connectivity index is 1.39. The number of nitrogens with zero attached hydrogens (tertiary/aromatic N) is 1. The minimum atomic E-state index is -0.0566. The van der Waals surface area contributed by atoms with Crippen molar-refractivity contribution in [3.05, 3.63) is 22.4 Å². The summed E-state index contributed by atoms with van der Waals surface area (Å²) in [7, 11) is 0. The standard InChI is InChI=1S/C20H31N3O3S/c24-18(7-4-10-21-19(25)17-6-5-15-27-17)22-16-20(8-2-1-3-9-20)23-11-13-26-14-12-23/h5-6,15H,1-4,7-14,16H2,(H,21,25)(H,22,24). The topological polar surface area (TPSA) is 70.7 Å². The molecule has 2 fully saturated rings. The van der Waals surface area contributed by atoms with Gasteiger partial charge >= 0.3 is 0 Å². The maximum atomic E-state index is 12.3. The molecule has 0 bridgehead atoms. The van der Waals surface area contributed by atoms with E-state index in [0.29, 0.717) is 24.3 Å². The molecule has 1 aromatic heterocycles. The van der Waals surface area contributed by atoms with Gasteiger partial charge in [0.2, 0.25) is 5.91 Å². The molecule has 0 atom stereocenters. The van der Waals surface area contributed by atoms with Crippen LogP contribution in [0.1, 0.15) is 54.6 Å². The number of thiophene rings is 1. The quantitative estimate of drug-likeness (QED) is 0.666. The predicted octanol–water partition coefficient (Wildman–Crippen LogP) is 2.41. The highest BCUT2D eigenvalue weighted by Gasteiger charge is 2.38. The Bertz CT molecular complexity index is 594. The number of ether oxygens (including phenoxy) is 1. The summed E-state index contributed by atoms with van der Waals surface area (Å²) in [6, 6.07) is 3.67. The fraction of sp³-hybridized carbons (Fsp3) is 0.700. The lowest BCUT2D eigenvalue weighted by Crippen LogP contribution is -2.59. The van der Waals surface area contributed by atoms with E-state index in [2.05, 4.69) is 15.5 Å². The van der Waals surface area contributed by atoms with E-state index in [1.807, 2.05) is 17.5 Å². The van der Waals surface area contributed by atoms with Gasteiger partial charge in [0.05, 0.1) is 18.1 Å². The van der Waals surface area contributed by atoms with Crippen molar-refractivity contribution in [3.8, 4) is 0 Å². The molecule has 27 heavy (non-hydrogen) atoms. The van der Waals surface area contributed by atoms with Crippen LogP contribution in [0.15, 0.2) is 17.5 Å². The summed E-state index contributed by atoms with van der Waals surface area (Å²) >= 11 is 1.43. The van der Waals surface area contributed by atoms with Crippen molar-refractivity contribution in [2.75, 3.05) is 39.4 Å². The Labute approximate surface area is 165 Å². The summed E-state index contributed by atoms with van der Waals surface area (Å²) in [5.74, 6) is 0.0254. The molecule has 0 spiro atoms. The summed E-state index contributed by atoms with van der Waals surface area (Å²) < 4.78 is 5.51. The van der Waals surface area contributed by atoms with Gasteiger partial charge in [0.1, 0.15) is 0 Å². The van der Waals surface area contributed by atoms with Crippen molar-refractivity contribution in [2.45, 2.75) is 50.5 Å². The van der Waals surface area contributed by atoms with Crippen LogP contribution in [0.3, 0.4) is 0 Å². The van der Waals surface area contributed by atoms with Gasteiger partial charge in [-0.15, -0.1) is 11.3 Å². The van der Waals surface area contributed by atoms with Crippen LogP contribution < -0.4 is 10.6 Å². The van der Waals surface area contributed by atoms with Crippen molar-refractivity contribution < 1.29 is 14.3 Å². The lowest BCUT2D eigenvalue weighted by Gasteiger charge is -2.48. The smallest absolute Gasteiger partial charge is 0.261 e. The van der Waals surface area contributed by atoms with Crippen LogP contribution in [-0.2, 0) is 9.53 Å². The maximum Gasteiger partial charge on any atom is 0.261 e. The van der Waals surface area contributed by atoms with Gasteiger partial charge in [-0.25, -0.2) is 0 Å². The van der Waals surface area contributed by atoms with Crippen molar-refractivity contribution in [1.82, 2.24) is 15.5 Å². The van der Waals surface area contributed by atoms with Gasteiger partial charge in [0.25, 0.3) is 5.91 Å². The molecule has 1 aliphatic carbocycles. The predicted molar refractivity (Wildman–Crippen MR) is 107 cm³/mol. The Morgan fingerprint density at radius 3 is 2.63 bits per heavy atom. The summed E-state index contributed by atoms with van der Waals surface area (Å²) in [5.41, 5.74) is 0.102. The largest absolute Gasteiger partial charge is 0.379 e. The number of carbonyl (C=O) groups is 2. The molecule has 2 N–H and O–H groups in total. The van der Waals surface area contributed by atoms with Crippen molar-refractivity contribution in [1.29, 1.82) is 0 Å². The molecule has 6 nitrogen and oxygen atoms in total. The van der Waals surface area contributed by atoms with E-state index in [0.717, 1.165) is 45.7 Å². The molecule has 1 aliphatic heterocycles. The Kier molecular flexibility index (Phi) is 7.67. The second-order valence-corrected chi connectivity index (χ2v) is 8.45. The summed E-state index contributed by atoms with van der Waals surface area (Å²) in [6.45, 7) is 4.76. The number of nitrogens with one attached hydrogen (secondary N) is 2. The number of morpholine rings is 1. The first-order valence-corrected chi connectivity index (χ1v) is 11.0. The molecule has 150 valence electrons. The molecule has 7 heteroatoms. The first-order valence-electron chi connectivity index (χ1n) is 10.1. The van der Waals surface area contributed by atoms with E-state index < -0.39 is 0 Å². The second-order valence-electron chi connectivity index (χ2n) is 7.50. The van der Waals surface area contributed by atoms with Gasteiger partial charge in [-0.2, -0.15) is 0 Å². The van der Waals surface area contributed by atoms with Crippen molar-refractivity contribution in [3.63, 3.8) is 0 Å². The first kappa shape index (κ1) is 20.3. The SMILES string of the molecule is O=C(CCCNC(=O)c1cccs1)NCC1(N2CCOCC2)CCCCC1. The average molecular weight is 394 g/mol. The minimum Gasteiger partial charge on any atom is -0.379 e. The molecule has 2 aliphatic rings. The molecule has 3 rings (SSSR count). The third-order valence-corrected chi connectivity index (χ3v) is 6.56. The van der Waals surface area contributed by atoms with E-state index in [1.165, 1.54) is 30.6 Å². The Morgan fingerprint density at radius 2 is 1.93 bits per heavy atom. The third kappa shape index (κ3) is 5.77.